The number of rotatable bonds is 6. The summed E-state index contributed by atoms with van der Waals surface area (Å²) >= 11 is 0. The number of likely N-dealkylation sites (tertiary alicyclic amines) is 1. The molecule has 1 atom stereocenters. The molecule has 0 spiro atoms. The van der Waals surface area contributed by atoms with Crippen molar-refractivity contribution in [2.45, 2.75) is 44.9 Å². The minimum absolute atomic E-state index is 0.0907. The third-order valence-corrected chi connectivity index (χ3v) is 6.92. The average Bonchev–Trinajstić information content (AvgIpc) is 2.85. The molecular formula is C25H33F3N6O. The number of carbonyl (C=O) groups is 1. The molecule has 2 aliphatic heterocycles. The van der Waals surface area contributed by atoms with Gasteiger partial charge >= 0.3 is 12.2 Å². The molecule has 0 bridgehead atoms. The summed E-state index contributed by atoms with van der Waals surface area (Å²) in [6.45, 7) is 7.15. The minimum atomic E-state index is -4.46. The van der Waals surface area contributed by atoms with E-state index in [1.54, 1.807) is 4.90 Å². The van der Waals surface area contributed by atoms with Crippen LogP contribution in [0.25, 0.3) is 0 Å². The van der Waals surface area contributed by atoms with Crippen molar-refractivity contribution in [3.05, 3.63) is 53.9 Å². The first-order valence-corrected chi connectivity index (χ1v) is 12.2. The number of amides is 2. The number of benzene rings is 1. The van der Waals surface area contributed by atoms with E-state index in [1.807, 2.05) is 17.9 Å². The predicted octanol–water partition coefficient (Wildman–Crippen LogP) is 4.02. The largest absolute Gasteiger partial charge is 0.419 e. The number of alkyl halides is 3. The Labute approximate surface area is 204 Å². The lowest BCUT2D eigenvalue weighted by molar-refractivity contribution is -0.138. The van der Waals surface area contributed by atoms with Crippen molar-refractivity contribution < 1.29 is 18.0 Å². The second-order valence-corrected chi connectivity index (χ2v) is 9.48. The van der Waals surface area contributed by atoms with Crippen LogP contribution in [-0.2, 0) is 12.7 Å². The van der Waals surface area contributed by atoms with E-state index in [4.69, 9.17) is 0 Å². The number of anilines is 1. The summed E-state index contributed by atoms with van der Waals surface area (Å²) in [6, 6.07) is 10.3. The van der Waals surface area contributed by atoms with Crippen molar-refractivity contribution in [1.82, 2.24) is 25.1 Å². The molecule has 190 valence electrons. The molecule has 2 amide bonds. The monoisotopic (exact) mass is 490 g/mol. The van der Waals surface area contributed by atoms with Gasteiger partial charge in [0.15, 0.2) is 0 Å². The Morgan fingerprint density at radius 1 is 1.06 bits per heavy atom. The summed E-state index contributed by atoms with van der Waals surface area (Å²) < 4.78 is 38.2. The van der Waals surface area contributed by atoms with Gasteiger partial charge in [-0.15, -0.1) is 0 Å². The van der Waals surface area contributed by atoms with E-state index in [0.717, 1.165) is 51.3 Å². The van der Waals surface area contributed by atoms with Crippen LogP contribution in [0.2, 0.25) is 0 Å². The first-order chi connectivity index (χ1) is 16.8. The van der Waals surface area contributed by atoms with Gasteiger partial charge in [0, 0.05) is 51.2 Å². The highest BCUT2D eigenvalue weighted by atomic mass is 19.4. The summed E-state index contributed by atoms with van der Waals surface area (Å²) in [5.74, 6) is 0.872. The molecule has 2 fully saturated rings. The molecule has 2 aliphatic rings. The maximum atomic E-state index is 12.7. The maximum absolute atomic E-state index is 12.7. The molecule has 10 heteroatoms. The Bertz CT molecular complexity index is 948. The van der Waals surface area contributed by atoms with Gasteiger partial charge in [0.2, 0.25) is 5.95 Å². The summed E-state index contributed by atoms with van der Waals surface area (Å²) in [7, 11) is 0. The lowest BCUT2D eigenvalue weighted by Crippen LogP contribution is -2.57. The average molecular weight is 491 g/mol. The van der Waals surface area contributed by atoms with Gasteiger partial charge < -0.3 is 15.1 Å². The number of hydrogen-bond donors (Lipinski definition) is 1. The fourth-order valence-corrected chi connectivity index (χ4v) is 4.83. The molecule has 1 aromatic heterocycles. The van der Waals surface area contributed by atoms with Gasteiger partial charge in [0.05, 0.1) is 5.56 Å². The molecular weight excluding hydrogens is 457 g/mol. The molecule has 0 aliphatic carbocycles. The molecule has 3 heterocycles. The van der Waals surface area contributed by atoms with E-state index in [0.29, 0.717) is 32.1 Å². The van der Waals surface area contributed by atoms with Crippen molar-refractivity contribution in [2.24, 2.45) is 5.92 Å². The fraction of sp³-hybridized carbons (Fsp3) is 0.560. The van der Waals surface area contributed by atoms with E-state index < -0.39 is 11.7 Å². The quantitative estimate of drug-likeness (QED) is 0.663. The molecule has 7 nitrogen and oxygen atoms in total. The number of carbonyl (C=O) groups excluding carboxylic acids is 1. The molecule has 2 saturated heterocycles. The molecule has 35 heavy (non-hydrogen) atoms. The van der Waals surface area contributed by atoms with E-state index in [9.17, 15) is 18.0 Å². The number of urea groups is 1. The van der Waals surface area contributed by atoms with Crippen LogP contribution in [0.15, 0.2) is 42.7 Å². The zero-order valence-electron chi connectivity index (χ0n) is 20.0. The number of piperazine rings is 1. The standard InChI is InChI=1S/C25H33F3N6O/c1-19-17-33(23-30-15-22(16-31-23)25(26,27)28)13-14-34(19)24(35)29-10-7-20-8-11-32(12-9-20)18-21-5-3-2-4-6-21/h2-6,15-16,19-20H,7-14,17-18H2,1H3,(H,29,35)/t19-/m0/s1. The molecule has 0 unspecified atom stereocenters. The number of halogens is 3. The zero-order chi connectivity index (χ0) is 24.8. The van der Waals surface area contributed by atoms with Crippen molar-refractivity contribution in [3.8, 4) is 0 Å². The molecule has 1 N–H and O–H groups in total. The fourth-order valence-electron chi connectivity index (χ4n) is 4.83. The summed E-state index contributed by atoms with van der Waals surface area (Å²) in [4.78, 5) is 26.6. The van der Waals surface area contributed by atoms with Gasteiger partial charge in [0.1, 0.15) is 0 Å². The summed E-state index contributed by atoms with van der Waals surface area (Å²) in [5.41, 5.74) is 0.478. The molecule has 4 rings (SSSR count). The third-order valence-electron chi connectivity index (χ3n) is 6.92. The van der Waals surface area contributed by atoms with Crippen molar-refractivity contribution in [3.63, 3.8) is 0 Å². The van der Waals surface area contributed by atoms with Crippen molar-refractivity contribution in [1.29, 1.82) is 0 Å². The van der Waals surface area contributed by atoms with Gasteiger partial charge in [-0.3, -0.25) is 4.90 Å². The SMILES string of the molecule is C[C@H]1CN(c2ncc(C(F)(F)F)cn2)CCN1C(=O)NCCC1CCN(Cc2ccccc2)CC1. The summed E-state index contributed by atoms with van der Waals surface area (Å²) in [6.07, 6.45) is 0.409. The van der Waals surface area contributed by atoms with Crippen molar-refractivity contribution >= 4 is 12.0 Å². The van der Waals surface area contributed by atoms with Crippen LogP contribution in [0.4, 0.5) is 23.9 Å². The number of nitrogens with zero attached hydrogens (tertiary/aromatic N) is 5. The van der Waals surface area contributed by atoms with Crippen LogP contribution in [0.3, 0.4) is 0 Å². The predicted molar refractivity (Wildman–Crippen MR) is 128 cm³/mol. The first kappa shape index (κ1) is 25.2. The van der Waals surface area contributed by atoms with Crippen LogP contribution in [0.5, 0.6) is 0 Å². The lowest BCUT2D eigenvalue weighted by atomic mass is 9.93. The van der Waals surface area contributed by atoms with Gasteiger partial charge in [-0.25, -0.2) is 14.8 Å². The topological polar surface area (TPSA) is 64.6 Å². The molecule has 0 radical (unpaired) electrons. The highest BCUT2D eigenvalue weighted by Crippen LogP contribution is 2.28. The lowest BCUT2D eigenvalue weighted by Gasteiger charge is -2.39. The first-order valence-electron chi connectivity index (χ1n) is 12.2. The second-order valence-electron chi connectivity index (χ2n) is 9.48. The molecule has 2 aromatic rings. The third kappa shape index (κ3) is 6.84. The van der Waals surface area contributed by atoms with Crippen LogP contribution < -0.4 is 10.2 Å². The Balaban J connectivity index is 1.16. The van der Waals surface area contributed by atoms with Gasteiger partial charge in [-0.1, -0.05) is 30.3 Å². The molecule has 0 saturated carbocycles. The highest BCUT2D eigenvalue weighted by Gasteiger charge is 2.33. The van der Waals surface area contributed by atoms with E-state index in [2.05, 4.69) is 44.5 Å². The van der Waals surface area contributed by atoms with Crippen LogP contribution in [0.1, 0.15) is 37.3 Å². The van der Waals surface area contributed by atoms with E-state index in [1.165, 1.54) is 5.56 Å². The van der Waals surface area contributed by atoms with Gasteiger partial charge in [-0.2, -0.15) is 13.2 Å². The van der Waals surface area contributed by atoms with E-state index >= 15 is 0 Å². The van der Waals surface area contributed by atoms with Crippen LogP contribution in [-0.4, -0.2) is 71.1 Å². The Hall–Kier alpha value is -2.88. The second kappa shape index (κ2) is 11.2. The number of nitrogens with one attached hydrogen (secondary N) is 1. The summed E-state index contributed by atoms with van der Waals surface area (Å²) in [5, 5.41) is 3.06. The Kier molecular flexibility index (Phi) is 8.10. The minimum Gasteiger partial charge on any atom is -0.338 e. The van der Waals surface area contributed by atoms with Gasteiger partial charge in [-0.05, 0) is 50.8 Å². The molecule has 1 aromatic carbocycles. The normalized spacial score (nSPS) is 20.2. The van der Waals surface area contributed by atoms with Crippen LogP contribution >= 0.6 is 0 Å². The van der Waals surface area contributed by atoms with Gasteiger partial charge in [0.25, 0.3) is 0 Å². The number of piperidine rings is 1. The van der Waals surface area contributed by atoms with Crippen LogP contribution in [0, 0.1) is 5.92 Å². The smallest absolute Gasteiger partial charge is 0.338 e. The van der Waals surface area contributed by atoms with Crippen molar-refractivity contribution in [2.75, 3.05) is 44.2 Å². The Morgan fingerprint density at radius 2 is 1.74 bits per heavy atom. The highest BCUT2D eigenvalue weighted by molar-refractivity contribution is 5.74. The van der Waals surface area contributed by atoms with E-state index in [-0.39, 0.29) is 18.0 Å². The zero-order valence-corrected chi connectivity index (χ0v) is 20.0. The maximum Gasteiger partial charge on any atom is 0.419 e. The Morgan fingerprint density at radius 3 is 2.37 bits per heavy atom. The number of hydrogen-bond acceptors (Lipinski definition) is 5. The number of aromatic nitrogens is 2.